The van der Waals surface area contributed by atoms with E-state index in [9.17, 15) is 4.79 Å². The van der Waals surface area contributed by atoms with E-state index in [0.29, 0.717) is 5.56 Å². The third-order valence-electron chi connectivity index (χ3n) is 4.80. The summed E-state index contributed by atoms with van der Waals surface area (Å²) in [6.45, 7) is 0.717. The van der Waals surface area contributed by atoms with Crippen molar-refractivity contribution in [2.24, 2.45) is 4.99 Å². The number of hydrogen-bond donors (Lipinski definition) is 0. The van der Waals surface area contributed by atoms with Crippen LogP contribution in [0.15, 0.2) is 83.9 Å². The maximum Gasteiger partial charge on any atom is 0.337 e. The fraction of sp³-hybridized carbons (Fsp3) is 0.130. The second-order valence-corrected chi connectivity index (χ2v) is 6.31. The first-order valence-corrected chi connectivity index (χ1v) is 8.65. The van der Waals surface area contributed by atoms with Crippen molar-refractivity contribution in [2.75, 3.05) is 13.7 Å². The van der Waals surface area contributed by atoms with E-state index in [1.165, 1.54) is 18.2 Å². The van der Waals surface area contributed by atoms with Crippen LogP contribution < -0.4 is 0 Å². The summed E-state index contributed by atoms with van der Waals surface area (Å²) in [7, 11) is 1.39. The number of carbonyl (C=O) groups excluding carboxylic acids is 1. The normalized spacial score (nSPS) is 15.7. The highest BCUT2D eigenvalue weighted by Gasteiger charge is 2.24. The van der Waals surface area contributed by atoms with E-state index < -0.39 is 0 Å². The Labute approximate surface area is 153 Å². The molecule has 0 saturated heterocycles. The van der Waals surface area contributed by atoms with Crippen LogP contribution in [0.25, 0.3) is 0 Å². The van der Waals surface area contributed by atoms with Gasteiger partial charge in [0.15, 0.2) is 0 Å². The van der Waals surface area contributed by atoms with Crippen molar-refractivity contribution in [2.45, 2.75) is 5.92 Å². The van der Waals surface area contributed by atoms with Crippen LogP contribution in [-0.2, 0) is 4.74 Å². The molecule has 1 aliphatic rings. The second kappa shape index (κ2) is 6.96. The lowest BCUT2D eigenvalue weighted by Crippen LogP contribution is -2.19. The van der Waals surface area contributed by atoms with Crippen molar-refractivity contribution >= 4 is 11.7 Å². The number of benzene rings is 3. The van der Waals surface area contributed by atoms with Gasteiger partial charge in [0.2, 0.25) is 0 Å². The summed E-state index contributed by atoms with van der Waals surface area (Å²) in [5.41, 5.74) is 6.26. The van der Waals surface area contributed by atoms with Crippen molar-refractivity contribution < 1.29 is 9.53 Å². The number of esters is 1. The first-order chi connectivity index (χ1) is 12.8. The molecular formula is C23H19NO2. The fourth-order valence-electron chi connectivity index (χ4n) is 3.48. The number of carbonyl (C=O) groups is 1. The predicted molar refractivity (Wildman–Crippen MR) is 103 cm³/mol. The lowest BCUT2D eigenvalue weighted by Gasteiger charge is -2.25. The maximum atomic E-state index is 11.6. The molecule has 3 heteroatoms. The smallest absolute Gasteiger partial charge is 0.337 e. The zero-order chi connectivity index (χ0) is 17.9. The van der Waals surface area contributed by atoms with Crippen LogP contribution in [0.4, 0.5) is 0 Å². The Bertz CT molecular complexity index is 959. The van der Waals surface area contributed by atoms with Crippen molar-refractivity contribution in [3.63, 3.8) is 0 Å². The van der Waals surface area contributed by atoms with Crippen molar-refractivity contribution in [3.05, 3.63) is 107 Å². The third kappa shape index (κ3) is 2.92. The molecule has 0 saturated carbocycles. The molecule has 0 spiro atoms. The summed E-state index contributed by atoms with van der Waals surface area (Å²) in [5, 5.41) is 0. The number of nitrogens with zero attached hydrogens (tertiary/aromatic N) is 1. The molecule has 3 aromatic rings. The Morgan fingerprint density at radius 2 is 1.62 bits per heavy atom. The number of ether oxygens (including phenoxy) is 1. The molecule has 0 radical (unpaired) electrons. The highest BCUT2D eigenvalue weighted by Crippen LogP contribution is 2.33. The highest BCUT2D eigenvalue weighted by molar-refractivity contribution is 6.14. The molecule has 0 amide bonds. The number of rotatable bonds is 3. The third-order valence-corrected chi connectivity index (χ3v) is 4.80. The van der Waals surface area contributed by atoms with Gasteiger partial charge in [-0.05, 0) is 23.3 Å². The van der Waals surface area contributed by atoms with Crippen LogP contribution in [0.2, 0.25) is 0 Å². The van der Waals surface area contributed by atoms with Gasteiger partial charge in [-0.2, -0.15) is 0 Å². The molecule has 128 valence electrons. The Morgan fingerprint density at radius 1 is 0.923 bits per heavy atom. The van der Waals surface area contributed by atoms with Crippen molar-refractivity contribution in [3.8, 4) is 0 Å². The fourth-order valence-corrected chi connectivity index (χ4v) is 3.48. The van der Waals surface area contributed by atoms with Gasteiger partial charge in [0.25, 0.3) is 0 Å². The number of fused-ring (bicyclic) bond motifs is 1. The molecule has 3 aromatic carbocycles. The molecule has 0 fully saturated rings. The number of methoxy groups -OCH3 is 1. The molecule has 0 aromatic heterocycles. The molecule has 26 heavy (non-hydrogen) atoms. The van der Waals surface area contributed by atoms with Crippen LogP contribution in [0.5, 0.6) is 0 Å². The lowest BCUT2D eigenvalue weighted by molar-refractivity contribution is 0.0600. The molecule has 3 nitrogen and oxygen atoms in total. The van der Waals surface area contributed by atoms with Gasteiger partial charge in [0.05, 0.1) is 24.9 Å². The second-order valence-electron chi connectivity index (χ2n) is 6.31. The number of hydrogen-bond acceptors (Lipinski definition) is 3. The van der Waals surface area contributed by atoms with E-state index in [4.69, 9.17) is 9.73 Å². The van der Waals surface area contributed by atoms with Gasteiger partial charge in [-0.25, -0.2) is 4.79 Å². The molecule has 1 atom stereocenters. The first-order valence-electron chi connectivity index (χ1n) is 8.65. The van der Waals surface area contributed by atoms with Gasteiger partial charge < -0.3 is 4.74 Å². The molecule has 1 unspecified atom stereocenters. The highest BCUT2D eigenvalue weighted by atomic mass is 16.5. The van der Waals surface area contributed by atoms with Crippen LogP contribution in [0, 0.1) is 0 Å². The predicted octanol–water partition coefficient (Wildman–Crippen LogP) is 4.46. The molecular weight excluding hydrogens is 322 g/mol. The summed E-state index contributed by atoms with van der Waals surface area (Å²) in [4.78, 5) is 16.5. The summed E-state index contributed by atoms with van der Waals surface area (Å²) in [5.74, 6) is -0.0582. The van der Waals surface area contributed by atoms with Gasteiger partial charge in [0, 0.05) is 17.0 Å². The maximum absolute atomic E-state index is 11.6. The molecule has 4 rings (SSSR count). The van der Waals surface area contributed by atoms with Gasteiger partial charge in [0.1, 0.15) is 0 Å². The first kappa shape index (κ1) is 16.3. The van der Waals surface area contributed by atoms with E-state index in [1.54, 1.807) is 12.1 Å². The Hall–Kier alpha value is -3.20. The van der Waals surface area contributed by atoms with Gasteiger partial charge in [-0.3, -0.25) is 4.99 Å². The van der Waals surface area contributed by atoms with E-state index in [0.717, 1.165) is 23.4 Å². The van der Waals surface area contributed by atoms with Crippen LogP contribution >= 0.6 is 0 Å². The molecule has 1 aliphatic heterocycles. The van der Waals surface area contributed by atoms with Crippen LogP contribution in [0.3, 0.4) is 0 Å². The summed E-state index contributed by atoms with van der Waals surface area (Å²) >= 11 is 0. The average Bonchev–Trinajstić information content (AvgIpc) is 2.73. The van der Waals surface area contributed by atoms with E-state index >= 15 is 0 Å². The topological polar surface area (TPSA) is 38.7 Å². The number of aliphatic imine (C=N–C) groups is 1. The monoisotopic (exact) mass is 341 g/mol. The summed E-state index contributed by atoms with van der Waals surface area (Å²) < 4.78 is 4.77. The van der Waals surface area contributed by atoms with E-state index in [2.05, 4.69) is 42.5 Å². The van der Waals surface area contributed by atoms with E-state index in [-0.39, 0.29) is 11.9 Å². The zero-order valence-corrected chi connectivity index (χ0v) is 14.6. The van der Waals surface area contributed by atoms with Gasteiger partial charge in [-0.1, -0.05) is 66.7 Å². The summed E-state index contributed by atoms with van der Waals surface area (Å²) in [6, 6.07) is 26.4. The SMILES string of the molecule is COC(=O)c1ccc(C2=NCC(c3ccccc3)c3ccccc32)cc1. The average molecular weight is 341 g/mol. The molecule has 0 bridgehead atoms. The Morgan fingerprint density at radius 3 is 2.35 bits per heavy atom. The quantitative estimate of drug-likeness (QED) is 0.660. The lowest BCUT2D eigenvalue weighted by atomic mass is 9.83. The van der Waals surface area contributed by atoms with E-state index in [1.807, 2.05) is 24.3 Å². The van der Waals surface area contributed by atoms with Gasteiger partial charge in [-0.15, -0.1) is 0 Å². The minimum absolute atomic E-state index is 0.269. The Kier molecular flexibility index (Phi) is 4.36. The van der Waals surface area contributed by atoms with Crippen LogP contribution in [-0.4, -0.2) is 25.3 Å². The minimum Gasteiger partial charge on any atom is -0.465 e. The molecule has 0 aliphatic carbocycles. The van der Waals surface area contributed by atoms with Crippen molar-refractivity contribution in [1.82, 2.24) is 0 Å². The minimum atomic E-state index is -0.327. The van der Waals surface area contributed by atoms with Gasteiger partial charge >= 0.3 is 5.97 Å². The zero-order valence-electron chi connectivity index (χ0n) is 14.6. The molecule has 1 heterocycles. The van der Waals surface area contributed by atoms with Crippen LogP contribution in [0.1, 0.15) is 38.5 Å². The molecule has 0 N–H and O–H groups in total. The Balaban J connectivity index is 1.73. The summed E-state index contributed by atoms with van der Waals surface area (Å²) in [6.07, 6.45) is 0. The van der Waals surface area contributed by atoms with Crippen molar-refractivity contribution in [1.29, 1.82) is 0 Å². The standard InChI is InChI=1S/C23H19NO2/c1-26-23(25)18-13-11-17(12-14-18)22-20-10-6-5-9-19(20)21(15-24-22)16-7-3-2-4-8-16/h2-14,21H,15H2,1H3. The largest absolute Gasteiger partial charge is 0.465 e.